The van der Waals surface area contributed by atoms with E-state index in [1.807, 2.05) is 17.5 Å². The molecular weight excluding hydrogens is 226 g/mol. The molecule has 0 spiro atoms. The summed E-state index contributed by atoms with van der Waals surface area (Å²) in [5.41, 5.74) is 0.777. The predicted molar refractivity (Wildman–Crippen MR) is 60.0 cm³/mol. The molecular formula is C10H11N3O2S. The first-order valence-electron chi connectivity index (χ1n) is 4.89. The van der Waals surface area contributed by atoms with Gasteiger partial charge in [-0.05, 0) is 18.4 Å². The number of carbonyl (C=O) groups excluding carboxylic acids is 1. The van der Waals surface area contributed by atoms with Crippen molar-refractivity contribution in [2.24, 2.45) is 0 Å². The van der Waals surface area contributed by atoms with Crippen LogP contribution in [0.15, 0.2) is 23.7 Å². The molecule has 0 amide bonds. The summed E-state index contributed by atoms with van der Waals surface area (Å²) in [6.45, 7) is 2.26. The Bertz CT molecular complexity index is 464. The minimum Gasteiger partial charge on any atom is -0.465 e. The summed E-state index contributed by atoms with van der Waals surface area (Å²) in [6.07, 6.45) is 1.74. The van der Waals surface area contributed by atoms with Gasteiger partial charge in [-0.3, -0.25) is 4.79 Å². The third kappa shape index (κ3) is 2.46. The summed E-state index contributed by atoms with van der Waals surface area (Å²) in [4.78, 5) is 12.2. The molecule has 2 aromatic heterocycles. The first kappa shape index (κ1) is 10.8. The second-order valence-corrected chi connectivity index (χ2v) is 4.03. The molecule has 0 aliphatic rings. The van der Waals surface area contributed by atoms with Gasteiger partial charge in [0.25, 0.3) is 0 Å². The zero-order valence-electron chi connectivity index (χ0n) is 8.79. The fourth-order valence-corrected chi connectivity index (χ4v) is 1.93. The number of carbonyl (C=O) groups is 1. The average molecular weight is 237 g/mol. The number of rotatable bonds is 4. The maximum atomic E-state index is 11.2. The van der Waals surface area contributed by atoms with Gasteiger partial charge < -0.3 is 4.74 Å². The lowest BCUT2D eigenvalue weighted by Crippen LogP contribution is -2.13. The molecule has 6 heteroatoms. The Morgan fingerprint density at radius 3 is 3.19 bits per heavy atom. The van der Waals surface area contributed by atoms with Crippen LogP contribution in [0.5, 0.6) is 0 Å². The van der Waals surface area contributed by atoms with Crippen LogP contribution in [0.3, 0.4) is 0 Å². The minimum absolute atomic E-state index is 0.103. The van der Waals surface area contributed by atoms with E-state index >= 15 is 0 Å². The van der Waals surface area contributed by atoms with Crippen LogP contribution in [0.1, 0.15) is 6.92 Å². The molecule has 0 radical (unpaired) electrons. The second-order valence-electron chi connectivity index (χ2n) is 3.08. The number of esters is 1. The number of ether oxygens (including phenoxy) is 1. The van der Waals surface area contributed by atoms with Gasteiger partial charge in [0.1, 0.15) is 12.2 Å². The van der Waals surface area contributed by atoms with Gasteiger partial charge in [0.15, 0.2) is 0 Å². The largest absolute Gasteiger partial charge is 0.465 e. The summed E-state index contributed by atoms with van der Waals surface area (Å²) in [5.74, 6) is -0.301. The fraction of sp³-hybridized carbons (Fsp3) is 0.300. The lowest BCUT2D eigenvalue weighted by atomic mass is 10.4. The van der Waals surface area contributed by atoms with Gasteiger partial charge in [0, 0.05) is 0 Å². The quantitative estimate of drug-likeness (QED) is 0.757. The van der Waals surface area contributed by atoms with Crippen molar-refractivity contribution in [3.05, 3.63) is 23.7 Å². The van der Waals surface area contributed by atoms with Gasteiger partial charge in [-0.25, -0.2) is 4.68 Å². The van der Waals surface area contributed by atoms with Crippen LogP contribution < -0.4 is 0 Å². The highest BCUT2D eigenvalue weighted by molar-refractivity contribution is 7.13. The van der Waals surface area contributed by atoms with Crippen molar-refractivity contribution in [2.75, 3.05) is 6.61 Å². The van der Waals surface area contributed by atoms with Crippen LogP contribution in [-0.2, 0) is 16.1 Å². The summed E-state index contributed by atoms with van der Waals surface area (Å²) in [6, 6.07) is 3.91. The molecule has 5 nitrogen and oxygen atoms in total. The van der Waals surface area contributed by atoms with E-state index in [4.69, 9.17) is 4.74 Å². The third-order valence-corrected chi connectivity index (χ3v) is 2.80. The van der Waals surface area contributed by atoms with Crippen molar-refractivity contribution < 1.29 is 9.53 Å². The molecule has 2 aromatic rings. The zero-order valence-corrected chi connectivity index (χ0v) is 9.61. The van der Waals surface area contributed by atoms with Crippen LogP contribution in [0, 0.1) is 0 Å². The molecule has 2 heterocycles. The Labute approximate surface area is 96.7 Å². The van der Waals surface area contributed by atoms with E-state index in [9.17, 15) is 4.79 Å². The van der Waals surface area contributed by atoms with E-state index in [-0.39, 0.29) is 12.5 Å². The van der Waals surface area contributed by atoms with Gasteiger partial charge in [0.2, 0.25) is 0 Å². The molecule has 0 aromatic carbocycles. The molecule has 84 valence electrons. The van der Waals surface area contributed by atoms with Crippen molar-refractivity contribution >= 4 is 17.3 Å². The first-order chi connectivity index (χ1) is 7.79. The molecule has 0 saturated heterocycles. The first-order valence-corrected chi connectivity index (χ1v) is 5.77. The van der Waals surface area contributed by atoms with Crippen LogP contribution in [0.4, 0.5) is 0 Å². The second kappa shape index (κ2) is 4.89. The van der Waals surface area contributed by atoms with Crippen molar-refractivity contribution in [3.63, 3.8) is 0 Å². The smallest absolute Gasteiger partial charge is 0.327 e. The Balaban J connectivity index is 2.06. The molecule has 2 rings (SSSR count). The number of hydrogen-bond acceptors (Lipinski definition) is 5. The summed E-state index contributed by atoms with van der Waals surface area (Å²) in [7, 11) is 0. The molecule has 16 heavy (non-hydrogen) atoms. The van der Waals surface area contributed by atoms with Crippen molar-refractivity contribution in [1.29, 1.82) is 0 Å². The van der Waals surface area contributed by atoms with Crippen molar-refractivity contribution in [3.8, 4) is 10.6 Å². The van der Waals surface area contributed by atoms with E-state index in [0.717, 1.165) is 10.6 Å². The summed E-state index contributed by atoms with van der Waals surface area (Å²) in [5, 5.41) is 9.83. The number of thiophene rings is 1. The molecule has 0 aliphatic heterocycles. The molecule has 0 fully saturated rings. The lowest BCUT2D eigenvalue weighted by Gasteiger charge is -1.99. The molecule has 0 atom stereocenters. The molecule has 0 aliphatic carbocycles. The Kier molecular flexibility index (Phi) is 3.31. The van der Waals surface area contributed by atoms with Crippen molar-refractivity contribution in [2.45, 2.75) is 13.5 Å². The zero-order chi connectivity index (χ0) is 11.4. The summed E-state index contributed by atoms with van der Waals surface area (Å²) >= 11 is 1.59. The number of aromatic nitrogens is 3. The number of hydrogen-bond donors (Lipinski definition) is 0. The van der Waals surface area contributed by atoms with E-state index in [1.54, 1.807) is 24.5 Å². The Morgan fingerprint density at radius 1 is 1.62 bits per heavy atom. The SMILES string of the molecule is CCOC(=O)Cn1cc(-c2cccs2)nn1. The fourth-order valence-electron chi connectivity index (χ4n) is 1.25. The standard InChI is InChI=1S/C10H11N3O2S/c1-2-15-10(14)7-13-6-8(11-12-13)9-4-3-5-16-9/h3-6H,2,7H2,1H3. The third-order valence-electron chi connectivity index (χ3n) is 1.91. The molecule has 0 saturated carbocycles. The minimum atomic E-state index is -0.301. The van der Waals surface area contributed by atoms with Gasteiger partial charge in [0.05, 0.1) is 17.7 Å². The highest BCUT2D eigenvalue weighted by Crippen LogP contribution is 2.21. The van der Waals surface area contributed by atoms with Crippen LogP contribution >= 0.6 is 11.3 Å². The predicted octanol–water partition coefficient (Wildman–Crippen LogP) is 1.57. The Hall–Kier alpha value is -1.69. The maximum Gasteiger partial charge on any atom is 0.327 e. The van der Waals surface area contributed by atoms with E-state index in [1.165, 1.54) is 4.68 Å². The highest BCUT2D eigenvalue weighted by Gasteiger charge is 2.08. The number of nitrogens with zero attached hydrogens (tertiary/aromatic N) is 3. The topological polar surface area (TPSA) is 57.0 Å². The molecule has 0 N–H and O–H groups in total. The monoisotopic (exact) mass is 237 g/mol. The van der Waals surface area contributed by atoms with Gasteiger partial charge in [-0.1, -0.05) is 11.3 Å². The van der Waals surface area contributed by atoms with Gasteiger partial charge in [-0.2, -0.15) is 0 Å². The average Bonchev–Trinajstić information content (AvgIpc) is 2.86. The van der Waals surface area contributed by atoms with Crippen LogP contribution in [-0.4, -0.2) is 27.6 Å². The van der Waals surface area contributed by atoms with Crippen LogP contribution in [0.25, 0.3) is 10.6 Å². The normalized spacial score (nSPS) is 10.3. The lowest BCUT2D eigenvalue weighted by molar-refractivity contribution is -0.144. The van der Waals surface area contributed by atoms with Gasteiger partial charge >= 0.3 is 5.97 Å². The highest BCUT2D eigenvalue weighted by atomic mass is 32.1. The van der Waals surface area contributed by atoms with E-state index in [0.29, 0.717) is 6.61 Å². The maximum absolute atomic E-state index is 11.2. The summed E-state index contributed by atoms with van der Waals surface area (Å²) < 4.78 is 6.30. The Morgan fingerprint density at radius 2 is 2.50 bits per heavy atom. The van der Waals surface area contributed by atoms with E-state index in [2.05, 4.69) is 10.3 Å². The van der Waals surface area contributed by atoms with Gasteiger partial charge in [-0.15, -0.1) is 16.4 Å². The van der Waals surface area contributed by atoms with Crippen LogP contribution in [0.2, 0.25) is 0 Å². The molecule has 0 bridgehead atoms. The van der Waals surface area contributed by atoms with Crippen molar-refractivity contribution in [1.82, 2.24) is 15.0 Å². The van der Waals surface area contributed by atoms with E-state index < -0.39 is 0 Å². The molecule has 0 unspecified atom stereocenters.